The normalized spacial score (nSPS) is 11.9. The molecule has 0 amide bonds. The van der Waals surface area contributed by atoms with Gasteiger partial charge in [-0.05, 0) is 166 Å². The number of pyridine rings is 12. The van der Waals surface area contributed by atoms with Crippen molar-refractivity contribution in [2.75, 3.05) is 0 Å². The quantitative estimate of drug-likeness (QED) is 0.121. The summed E-state index contributed by atoms with van der Waals surface area (Å²) in [7, 11) is 0. The molecule has 0 aliphatic rings. The molecule has 21 aromatic heterocycles. The number of fused-ring (bicyclic) bond motifs is 27. The van der Waals surface area contributed by atoms with Crippen LogP contribution in [0.15, 0.2) is 384 Å². The molecule has 30 rings (SSSR count). The number of aromatic nitrogens is 27. The van der Waals surface area contributed by atoms with Gasteiger partial charge in [-0.15, -0.1) is 0 Å². The molecule has 0 saturated carbocycles. The summed E-state index contributed by atoms with van der Waals surface area (Å²) in [6.07, 6.45) is 21.6. The van der Waals surface area contributed by atoms with Gasteiger partial charge in [0.1, 0.15) is 56.5 Å². The Kier molecular flexibility index (Phi) is 17.2. The molecule has 0 atom stereocenters. The predicted molar refractivity (Wildman–Crippen MR) is 540 cm³/mol. The molecule has 0 saturated heterocycles. The van der Waals surface area contributed by atoms with E-state index in [-0.39, 0.29) is 0 Å². The first-order chi connectivity index (χ1) is 68.5. The molecule has 0 aliphatic heterocycles. The van der Waals surface area contributed by atoms with Gasteiger partial charge < -0.3 is 0 Å². The molecule has 27 heteroatoms. The molecule has 21 heterocycles. The number of rotatable bonds is 9. The summed E-state index contributed by atoms with van der Waals surface area (Å²) in [4.78, 5) is 104. The molecule has 30 aromatic rings. The number of nitrogens with zero attached hydrogens (tertiary/aromatic N) is 27. The van der Waals surface area contributed by atoms with Crippen molar-refractivity contribution in [3.8, 4) is 70.0 Å². The average molecular weight is 1770 g/mol. The van der Waals surface area contributed by atoms with Crippen LogP contribution < -0.4 is 0 Å². The molecule has 0 fully saturated rings. The van der Waals surface area contributed by atoms with E-state index in [1.807, 2.05) is 216 Å². The van der Waals surface area contributed by atoms with Crippen molar-refractivity contribution >= 4 is 197 Å². The zero-order valence-electron chi connectivity index (χ0n) is 72.4. The van der Waals surface area contributed by atoms with E-state index in [1.54, 1.807) is 55.8 Å². The van der Waals surface area contributed by atoms with E-state index in [4.69, 9.17) is 99.7 Å². The van der Waals surface area contributed by atoms with E-state index in [0.29, 0.717) is 92.7 Å². The summed E-state index contributed by atoms with van der Waals surface area (Å²) in [5, 5.41) is 22.8. The van der Waals surface area contributed by atoms with E-state index in [1.165, 1.54) is 0 Å². The van der Waals surface area contributed by atoms with Crippen molar-refractivity contribution in [1.82, 2.24) is 132 Å². The van der Waals surface area contributed by atoms with Gasteiger partial charge in [-0.2, -0.15) is 44.9 Å². The SMILES string of the molecule is c1ccc2c(c1)ccc1c(-c3nc(-n4c5ccccc5c5cccnc54)nc(-n4c5ncccc5c5cccnc54)n3)cncc12.c1ccc2c(c1)ccc1cc(-c3nc(-n4c5ccccc5c5cccnc54)nc(-n4c5ncccc5c5cccnc54)n3)cnc12.c1ccc2c(c1)ccc1ccc(-c3nc(-n4c5ccccc5c5cccnc54)nc(-n4c5ncccc5c5cccnc54)n3)nc12. The summed E-state index contributed by atoms with van der Waals surface area (Å²) < 4.78 is 11.7. The first-order valence-electron chi connectivity index (χ1n) is 44.7. The van der Waals surface area contributed by atoms with Gasteiger partial charge in [0.25, 0.3) is 0 Å². The third kappa shape index (κ3) is 12.1. The highest BCUT2D eigenvalue weighted by molar-refractivity contribution is 6.15. The summed E-state index contributed by atoms with van der Waals surface area (Å²) >= 11 is 0. The Morgan fingerprint density at radius 3 is 0.877 bits per heavy atom. The molecule has 27 nitrogen and oxygen atoms in total. The second kappa shape index (κ2) is 30.9. The molecule has 0 bridgehead atoms. The molecule has 0 radical (unpaired) electrons. The molecule has 0 spiro atoms. The molecule has 9 aromatic carbocycles. The highest BCUT2D eigenvalue weighted by Crippen LogP contribution is 2.41. The largest absolute Gasteiger partial charge is 0.263 e. The van der Waals surface area contributed by atoms with Crippen LogP contribution >= 0.6 is 0 Å². The highest BCUT2D eigenvalue weighted by atomic mass is 15.3. The fraction of sp³-hybridized carbons (Fsp3) is 0. The van der Waals surface area contributed by atoms with Crippen LogP contribution in [-0.2, 0) is 0 Å². The Morgan fingerprint density at radius 1 is 0.167 bits per heavy atom. The summed E-state index contributed by atoms with van der Waals surface area (Å²) in [5.41, 5.74) is 13.4. The minimum atomic E-state index is 0.388. The lowest BCUT2D eigenvalue weighted by Crippen LogP contribution is -2.11. The Morgan fingerprint density at radius 2 is 0.464 bits per heavy atom. The molecule has 642 valence electrons. The topological polar surface area (TPSA) is 300 Å². The van der Waals surface area contributed by atoms with E-state index in [2.05, 4.69) is 145 Å². The lowest BCUT2D eigenvalue weighted by Gasteiger charge is -2.13. The summed E-state index contributed by atoms with van der Waals surface area (Å²) in [5.74, 6) is 3.87. The smallest absolute Gasteiger partial charge is 0.242 e. The number of hydrogen-bond donors (Lipinski definition) is 0. The van der Waals surface area contributed by atoms with E-state index >= 15 is 0 Å². The van der Waals surface area contributed by atoms with Crippen LogP contribution in [0.2, 0.25) is 0 Å². The molecular formula is C111H63N27. The maximum absolute atomic E-state index is 5.15. The Balaban J connectivity index is 0.000000102. The first-order valence-corrected chi connectivity index (χ1v) is 44.7. The zero-order valence-corrected chi connectivity index (χ0v) is 72.4. The third-order valence-corrected chi connectivity index (χ3v) is 25.8. The molecule has 0 aliphatic carbocycles. The second-order valence-corrected chi connectivity index (χ2v) is 33.4. The number of hydrogen-bond acceptors (Lipinski definition) is 21. The van der Waals surface area contributed by atoms with E-state index in [0.717, 1.165) is 174 Å². The van der Waals surface area contributed by atoms with Crippen molar-refractivity contribution in [3.05, 3.63) is 384 Å². The maximum atomic E-state index is 5.15. The van der Waals surface area contributed by atoms with Gasteiger partial charge >= 0.3 is 0 Å². The van der Waals surface area contributed by atoms with Gasteiger partial charge in [-0.25, -0.2) is 63.5 Å². The van der Waals surface area contributed by atoms with Crippen LogP contribution in [0.3, 0.4) is 0 Å². The lowest BCUT2D eigenvalue weighted by atomic mass is 10.0. The van der Waals surface area contributed by atoms with Crippen molar-refractivity contribution in [2.45, 2.75) is 0 Å². The zero-order chi connectivity index (χ0) is 90.6. The average Bonchev–Trinajstić information content (AvgIpc) is 1.63. The van der Waals surface area contributed by atoms with Gasteiger partial charge in [0.2, 0.25) is 35.7 Å². The molecular weight excluding hydrogens is 1710 g/mol. The van der Waals surface area contributed by atoms with Gasteiger partial charge in [0, 0.05) is 177 Å². The summed E-state index contributed by atoms with van der Waals surface area (Å²) in [6, 6.07) is 104. The van der Waals surface area contributed by atoms with Crippen LogP contribution in [0.25, 0.3) is 267 Å². The summed E-state index contributed by atoms with van der Waals surface area (Å²) in [6.45, 7) is 0. The van der Waals surface area contributed by atoms with Crippen LogP contribution in [0, 0.1) is 0 Å². The van der Waals surface area contributed by atoms with Crippen LogP contribution in [0.1, 0.15) is 0 Å². The van der Waals surface area contributed by atoms with Gasteiger partial charge in [0.05, 0.1) is 27.6 Å². The minimum absolute atomic E-state index is 0.388. The number of para-hydroxylation sites is 3. The van der Waals surface area contributed by atoms with Crippen molar-refractivity contribution in [3.63, 3.8) is 0 Å². The highest BCUT2D eigenvalue weighted by Gasteiger charge is 2.29. The van der Waals surface area contributed by atoms with Crippen LogP contribution in [0.5, 0.6) is 0 Å². The van der Waals surface area contributed by atoms with Gasteiger partial charge in [0.15, 0.2) is 17.5 Å². The minimum Gasteiger partial charge on any atom is -0.263 e. The van der Waals surface area contributed by atoms with Crippen molar-refractivity contribution in [1.29, 1.82) is 0 Å². The fourth-order valence-electron chi connectivity index (χ4n) is 19.7. The molecule has 0 unspecified atom stereocenters. The first kappa shape index (κ1) is 77.0. The second-order valence-electron chi connectivity index (χ2n) is 33.4. The predicted octanol–water partition coefficient (Wildman–Crippen LogP) is 22.9. The van der Waals surface area contributed by atoms with Crippen LogP contribution in [-0.4, -0.2) is 132 Å². The van der Waals surface area contributed by atoms with Crippen LogP contribution in [0.4, 0.5) is 0 Å². The standard InChI is InChI=1S/3C37H21N9/c1-2-9-24-22(8-1)15-16-23-17-18-29(41-31(23)24)32-42-36(45-30-14-4-3-10-25(30)26-11-5-19-38-33(26)45)44-37(43-32)46-34-27(12-6-20-39-34)28-13-7-21-40-35(28)46;1-2-9-25-22(8-1)15-16-23-20-24(21-41-31(23)25)32-42-36(45-30-14-4-3-10-26(30)27-11-5-17-38-33(27)45)44-37(43-32)46-34-28(12-6-18-39-34)29-13-7-19-40-35(29)46;1-2-9-23-22(8-1)15-16-24-29(23)20-38-21-30(24)32-42-36(45-31-14-4-3-10-25(31)26-11-5-17-39-33(26)45)44-37(43-32)46-34-27(12-6-18-40-34)28-13-7-19-41-35(28)46/h3*1-21H. The van der Waals surface area contributed by atoms with Crippen molar-refractivity contribution < 1.29 is 0 Å². The lowest BCUT2D eigenvalue weighted by molar-refractivity contribution is 0.877. The molecule has 0 N–H and O–H groups in total. The van der Waals surface area contributed by atoms with E-state index < -0.39 is 0 Å². The Labute approximate surface area is 777 Å². The monoisotopic (exact) mass is 1770 g/mol. The Bertz CT molecular complexity index is 9600. The Hall–Kier alpha value is -19.8. The maximum Gasteiger partial charge on any atom is 0.242 e. The van der Waals surface area contributed by atoms with Crippen molar-refractivity contribution in [2.24, 2.45) is 0 Å². The number of benzene rings is 9. The van der Waals surface area contributed by atoms with Gasteiger partial charge in [-0.1, -0.05) is 170 Å². The third-order valence-electron chi connectivity index (χ3n) is 25.8. The van der Waals surface area contributed by atoms with E-state index in [9.17, 15) is 0 Å². The fourth-order valence-corrected chi connectivity index (χ4v) is 19.7. The molecule has 138 heavy (non-hydrogen) atoms. The van der Waals surface area contributed by atoms with Gasteiger partial charge in [-0.3, -0.25) is 23.7 Å².